The van der Waals surface area contributed by atoms with Crippen molar-refractivity contribution in [1.29, 1.82) is 0 Å². The van der Waals surface area contributed by atoms with Crippen LogP contribution in [0.2, 0.25) is 0 Å². The van der Waals surface area contributed by atoms with E-state index in [9.17, 15) is 9.59 Å². The van der Waals surface area contributed by atoms with Crippen LogP contribution in [0.4, 0.5) is 0 Å². The minimum absolute atomic E-state index is 0. The SMILES string of the molecule is CCCCCCNC(=NC)NCCCN1C(=O)C2C3C=CC(C3)C2C1=O.I. The van der Waals surface area contributed by atoms with Gasteiger partial charge in [-0.2, -0.15) is 0 Å². The monoisotopic (exact) mass is 488 g/mol. The molecule has 0 radical (unpaired) electrons. The van der Waals surface area contributed by atoms with E-state index in [2.05, 4.69) is 34.7 Å². The van der Waals surface area contributed by atoms with E-state index in [0.29, 0.717) is 24.9 Å². The first-order chi connectivity index (χ1) is 12.7. The van der Waals surface area contributed by atoms with Gasteiger partial charge in [0.2, 0.25) is 11.8 Å². The number of guanidine groups is 1. The van der Waals surface area contributed by atoms with E-state index in [0.717, 1.165) is 31.8 Å². The van der Waals surface area contributed by atoms with E-state index in [4.69, 9.17) is 0 Å². The number of imide groups is 1. The van der Waals surface area contributed by atoms with Crippen LogP contribution >= 0.6 is 24.0 Å². The standard InChI is InChI=1S/C20H32N4O2.HI/c1-3-4-5-6-10-22-20(21-2)23-11-7-12-24-18(25)16-14-8-9-15(13-14)17(16)19(24)26;/h8-9,14-17H,3-7,10-13H2,1-2H3,(H2,21,22,23);1H. The van der Waals surface area contributed by atoms with Crippen LogP contribution in [0.3, 0.4) is 0 Å². The number of hydrogen-bond donors (Lipinski definition) is 2. The summed E-state index contributed by atoms with van der Waals surface area (Å²) >= 11 is 0. The zero-order chi connectivity index (χ0) is 18.5. The smallest absolute Gasteiger partial charge is 0.233 e. The predicted molar refractivity (Wildman–Crippen MR) is 118 cm³/mol. The molecular weight excluding hydrogens is 455 g/mol. The molecule has 1 saturated heterocycles. The summed E-state index contributed by atoms with van der Waals surface area (Å²) in [4.78, 5) is 31.0. The lowest BCUT2D eigenvalue weighted by Crippen LogP contribution is -2.40. The minimum atomic E-state index is -0.0805. The molecule has 1 heterocycles. The second kappa shape index (κ2) is 10.4. The number of amides is 2. The summed E-state index contributed by atoms with van der Waals surface area (Å²) in [5.41, 5.74) is 0. The van der Waals surface area contributed by atoms with Crippen LogP contribution in [-0.2, 0) is 9.59 Å². The summed E-state index contributed by atoms with van der Waals surface area (Å²) in [6.07, 6.45) is 10.9. The summed E-state index contributed by atoms with van der Waals surface area (Å²) in [7, 11) is 1.76. The van der Waals surface area contributed by atoms with Crippen molar-refractivity contribution in [2.24, 2.45) is 28.7 Å². The normalized spacial score (nSPS) is 28.5. The summed E-state index contributed by atoms with van der Waals surface area (Å²) in [5, 5.41) is 6.58. The van der Waals surface area contributed by atoms with Crippen LogP contribution in [0.25, 0.3) is 0 Å². The average Bonchev–Trinajstić information content (AvgIpc) is 3.32. The molecule has 4 unspecified atom stereocenters. The molecule has 0 aromatic heterocycles. The molecule has 0 aromatic rings. The van der Waals surface area contributed by atoms with Gasteiger partial charge in [-0.3, -0.25) is 19.5 Å². The fourth-order valence-electron chi connectivity index (χ4n) is 4.61. The minimum Gasteiger partial charge on any atom is -0.356 e. The van der Waals surface area contributed by atoms with Crippen molar-refractivity contribution in [3.05, 3.63) is 12.2 Å². The average molecular weight is 488 g/mol. The topological polar surface area (TPSA) is 73.8 Å². The molecule has 2 aliphatic carbocycles. The largest absolute Gasteiger partial charge is 0.356 e. The van der Waals surface area contributed by atoms with Crippen molar-refractivity contribution in [1.82, 2.24) is 15.5 Å². The van der Waals surface area contributed by atoms with Crippen LogP contribution in [0, 0.1) is 23.7 Å². The number of halogens is 1. The summed E-state index contributed by atoms with van der Waals surface area (Å²) in [5.74, 6) is 1.32. The molecule has 3 rings (SSSR count). The molecule has 6 nitrogen and oxygen atoms in total. The molecule has 2 amide bonds. The summed E-state index contributed by atoms with van der Waals surface area (Å²) in [6, 6.07) is 0. The third-order valence-electron chi connectivity index (χ3n) is 5.96. The van der Waals surface area contributed by atoms with Gasteiger partial charge in [0.05, 0.1) is 11.8 Å². The number of aliphatic imine (C=N–C) groups is 1. The summed E-state index contributed by atoms with van der Waals surface area (Å²) < 4.78 is 0. The second-order valence-corrected chi connectivity index (χ2v) is 7.67. The highest BCUT2D eigenvalue weighted by Gasteiger charge is 2.58. The quantitative estimate of drug-likeness (QED) is 0.131. The van der Waals surface area contributed by atoms with Gasteiger partial charge in [0.1, 0.15) is 0 Å². The Morgan fingerprint density at radius 2 is 1.63 bits per heavy atom. The van der Waals surface area contributed by atoms with E-state index >= 15 is 0 Å². The molecule has 0 spiro atoms. The van der Waals surface area contributed by atoms with Crippen LogP contribution in [0.1, 0.15) is 45.4 Å². The zero-order valence-corrected chi connectivity index (χ0v) is 18.8. The van der Waals surface area contributed by atoms with E-state index in [1.807, 2.05) is 0 Å². The lowest BCUT2D eigenvalue weighted by Gasteiger charge is -2.18. The second-order valence-electron chi connectivity index (χ2n) is 7.67. The van der Waals surface area contributed by atoms with Gasteiger partial charge >= 0.3 is 0 Å². The van der Waals surface area contributed by atoms with Crippen LogP contribution in [-0.4, -0.2) is 49.4 Å². The van der Waals surface area contributed by atoms with Gasteiger partial charge in [0.25, 0.3) is 0 Å². The number of likely N-dealkylation sites (tertiary alicyclic amines) is 1. The Morgan fingerprint density at radius 1 is 1.04 bits per heavy atom. The lowest BCUT2D eigenvalue weighted by molar-refractivity contribution is -0.140. The molecular formula is C20H33IN4O2. The van der Waals surface area contributed by atoms with Crippen LogP contribution < -0.4 is 10.6 Å². The molecule has 2 N–H and O–H groups in total. The predicted octanol–water partition coefficient (Wildman–Crippen LogP) is 2.55. The fraction of sp³-hybridized carbons (Fsp3) is 0.750. The molecule has 7 heteroatoms. The van der Waals surface area contributed by atoms with Gasteiger partial charge in [-0.1, -0.05) is 38.3 Å². The highest BCUT2D eigenvalue weighted by molar-refractivity contribution is 14.0. The number of hydrogen-bond acceptors (Lipinski definition) is 3. The maximum atomic E-state index is 12.6. The van der Waals surface area contributed by atoms with Gasteiger partial charge < -0.3 is 10.6 Å². The van der Waals surface area contributed by atoms with E-state index in [-0.39, 0.29) is 47.6 Å². The molecule has 4 atom stereocenters. The lowest BCUT2D eigenvalue weighted by atomic mass is 9.85. The van der Waals surface area contributed by atoms with Crippen molar-refractivity contribution in [2.45, 2.75) is 45.4 Å². The zero-order valence-electron chi connectivity index (χ0n) is 16.4. The Morgan fingerprint density at radius 3 is 2.19 bits per heavy atom. The van der Waals surface area contributed by atoms with E-state index < -0.39 is 0 Å². The third-order valence-corrected chi connectivity index (χ3v) is 5.96. The molecule has 2 bridgehead atoms. The first-order valence-corrected chi connectivity index (χ1v) is 10.2. The van der Waals surface area contributed by atoms with Gasteiger partial charge in [-0.05, 0) is 31.1 Å². The van der Waals surface area contributed by atoms with E-state index in [1.54, 1.807) is 7.05 Å². The van der Waals surface area contributed by atoms with Gasteiger partial charge in [-0.15, -0.1) is 24.0 Å². The van der Waals surface area contributed by atoms with E-state index in [1.165, 1.54) is 24.2 Å². The Labute approximate surface area is 179 Å². The number of allylic oxidation sites excluding steroid dienone is 2. The first kappa shape index (κ1) is 22.2. The fourth-order valence-corrected chi connectivity index (χ4v) is 4.61. The summed E-state index contributed by atoms with van der Waals surface area (Å²) in [6.45, 7) is 4.33. The number of carbonyl (C=O) groups is 2. The van der Waals surface area contributed by atoms with Gasteiger partial charge in [0.15, 0.2) is 5.96 Å². The molecule has 152 valence electrons. The molecule has 1 saturated carbocycles. The molecule has 27 heavy (non-hydrogen) atoms. The molecule has 3 aliphatic rings. The highest BCUT2D eigenvalue weighted by atomic mass is 127. The Kier molecular flexibility index (Phi) is 8.57. The van der Waals surface area contributed by atoms with Crippen molar-refractivity contribution < 1.29 is 9.59 Å². The van der Waals surface area contributed by atoms with Gasteiger partial charge in [0, 0.05) is 26.7 Å². The van der Waals surface area contributed by atoms with Gasteiger partial charge in [-0.25, -0.2) is 0 Å². The third kappa shape index (κ3) is 4.84. The Bertz CT molecular complexity index is 563. The van der Waals surface area contributed by atoms with Crippen molar-refractivity contribution >= 4 is 41.8 Å². The van der Waals surface area contributed by atoms with Crippen molar-refractivity contribution in [3.63, 3.8) is 0 Å². The van der Waals surface area contributed by atoms with Crippen LogP contribution in [0.15, 0.2) is 17.1 Å². The van der Waals surface area contributed by atoms with Crippen molar-refractivity contribution in [2.75, 3.05) is 26.7 Å². The maximum absolute atomic E-state index is 12.6. The van der Waals surface area contributed by atoms with Crippen molar-refractivity contribution in [3.8, 4) is 0 Å². The highest BCUT2D eigenvalue weighted by Crippen LogP contribution is 2.52. The molecule has 0 aromatic carbocycles. The maximum Gasteiger partial charge on any atom is 0.233 e. The number of nitrogens with one attached hydrogen (secondary N) is 2. The number of carbonyl (C=O) groups excluding carboxylic acids is 2. The molecule has 1 aliphatic heterocycles. The van der Waals surface area contributed by atoms with Crippen LogP contribution in [0.5, 0.6) is 0 Å². The number of rotatable bonds is 9. The number of unbranched alkanes of at least 4 members (excludes halogenated alkanes) is 3. The Hall–Kier alpha value is -1.12. The Balaban J connectivity index is 0.00000261. The first-order valence-electron chi connectivity index (χ1n) is 10.2. The number of nitrogens with zero attached hydrogens (tertiary/aromatic N) is 2. The molecule has 2 fully saturated rings. The number of fused-ring (bicyclic) bond motifs is 5.